The number of likely N-dealkylation sites (N-methyl/N-ethyl adjacent to an activating group) is 1. The minimum Gasteiger partial charge on any atom is -0.356 e. The van der Waals surface area contributed by atoms with Gasteiger partial charge >= 0.3 is 0 Å². The summed E-state index contributed by atoms with van der Waals surface area (Å²) in [5.74, 6) is -0.536. The number of hydrogen-bond acceptors (Lipinski definition) is 1. The molecule has 3 heteroatoms. The van der Waals surface area contributed by atoms with Gasteiger partial charge in [-0.15, -0.1) is 0 Å². The summed E-state index contributed by atoms with van der Waals surface area (Å²) in [5.41, 5.74) is 3.35. The van der Waals surface area contributed by atoms with Crippen molar-refractivity contribution in [2.45, 2.75) is 6.92 Å². The van der Waals surface area contributed by atoms with Gasteiger partial charge in [0.2, 0.25) is 5.91 Å². The highest BCUT2D eigenvalue weighted by molar-refractivity contribution is 5.99. The van der Waals surface area contributed by atoms with E-state index in [2.05, 4.69) is 5.32 Å². The molecule has 2 rings (SSSR count). The van der Waals surface area contributed by atoms with Crippen LogP contribution >= 0.6 is 0 Å². The number of carbonyl (C=O) groups is 1. The molecule has 1 amide bonds. The van der Waals surface area contributed by atoms with Crippen molar-refractivity contribution in [2.75, 3.05) is 7.05 Å². The fraction of sp³-hybridized carbons (Fsp3) is 0.118. The van der Waals surface area contributed by atoms with E-state index in [1.54, 1.807) is 19.2 Å². The van der Waals surface area contributed by atoms with Gasteiger partial charge in [-0.2, -0.15) is 0 Å². The first-order valence-corrected chi connectivity index (χ1v) is 6.37. The topological polar surface area (TPSA) is 29.1 Å². The predicted octanol–water partition coefficient (Wildman–Crippen LogP) is 3.31. The summed E-state index contributed by atoms with van der Waals surface area (Å²) in [7, 11) is 1.57. The van der Waals surface area contributed by atoms with Gasteiger partial charge in [-0.25, -0.2) is 4.39 Å². The lowest BCUT2D eigenvalue weighted by atomic mass is 9.94. The van der Waals surface area contributed by atoms with E-state index >= 15 is 0 Å². The third-order valence-electron chi connectivity index (χ3n) is 3.09. The molecule has 0 atom stereocenters. The number of halogens is 1. The Morgan fingerprint density at radius 2 is 1.90 bits per heavy atom. The van der Waals surface area contributed by atoms with Crippen molar-refractivity contribution < 1.29 is 9.18 Å². The Hall–Kier alpha value is -2.42. The van der Waals surface area contributed by atoms with Crippen molar-refractivity contribution in [3.63, 3.8) is 0 Å². The van der Waals surface area contributed by atoms with Crippen LogP contribution in [0.2, 0.25) is 0 Å². The molecule has 0 aliphatic rings. The molecular weight excluding hydrogens is 253 g/mol. The van der Waals surface area contributed by atoms with Crippen molar-refractivity contribution in [3.05, 3.63) is 77.1 Å². The fourth-order valence-corrected chi connectivity index (χ4v) is 2.05. The van der Waals surface area contributed by atoms with Gasteiger partial charge in [-0.05, 0) is 41.3 Å². The van der Waals surface area contributed by atoms with E-state index < -0.39 is 0 Å². The lowest BCUT2D eigenvalue weighted by Gasteiger charge is -2.11. The van der Waals surface area contributed by atoms with Gasteiger partial charge in [0.05, 0.1) is 0 Å². The molecule has 20 heavy (non-hydrogen) atoms. The van der Waals surface area contributed by atoms with E-state index in [4.69, 9.17) is 0 Å². The second kappa shape index (κ2) is 6.15. The van der Waals surface area contributed by atoms with Crippen LogP contribution in [-0.4, -0.2) is 13.0 Å². The van der Waals surface area contributed by atoms with Crippen LogP contribution in [0.25, 0.3) is 5.57 Å². The molecule has 1 N–H and O–H groups in total. The number of rotatable bonds is 3. The summed E-state index contributed by atoms with van der Waals surface area (Å²) in [6, 6.07) is 14.0. The van der Waals surface area contributed by atoms with Crippen LogP contribution in [0.5, 0.6) is 0 Å². The molecule has 0 fully saturated rings. The standard InChI is InChI=1S/C17H16FNO/c1-12-6-3-4-9-15(12)16(11-17(20)19-2)13-7-5-8-14(18)10-13/h3-11H,1-2H3,(H,19,20)/b16-11-. The lowest BCUT2D eigenvalue weighted by molar-refractivity contribution is -0.116. The van der Waals surface area contributed by atoms with Gasteiger partial charge in [0.15, 0.2) is 0 Å². The van der Waals surface area contributed by atoms with Crippen molar-refractivity contribution in [3.8, 4) is 0 Å². The first kappa shape index (κ1) is 14.0. The Balaban J connectivity index is 2.60. The smallest absolute Gasteiger partial charge is 0.244 e. The van der Waals surface area contributed by atoms with E-state index in [-0.39, 0.29) is 11.7 Å². The second-order valence-corrected chi connectivity index (χ2v) is 4.50. The van der Waals surface area contributed by atoms with Crippen LogP contribution < -0.4 is 5.32 Å². The van der Waals surface area contributed by atoms with Crippen molar-refractivity contribution in [2.24, 2.45) is 0 Å². The zero-order chi connectivity index (χ0) is 14.5. The molecule has 0 saturated carbocycles. The van der Waals surface area contributed by atoms with Crippen molar-refractivity contribution in [1.82, 2.24) is 5.32 Å². The highest BCUT2D eigenvalue weighted by Gasteiger charge is 2.10. The maximum Gasteiger partial charge on any atom is 0.244 e. The van der Waals surface area contributed by atoms with Crippen LogP contribution in [0.3, 0.4) is 0 Å². The van der Waals surface area contributed by atoms with Crippen LogP contribution in [0.4, 0.5) is 4.39 Å². The summed E-state index contributed by atoms with van der Waals surface area (Å²) >= 11 is 0. The third kappa shape index (κ3) is 3.12. The Kier molecular flexibility index (Phi) is 4.31. The minimum absolute atomic E-state index is 0.215. The van der Waals surface area contributed by atoms with Gasteiger partial charge in [0, 0.05) is 13.1 Å². The zero-order valence-corrected chi connectivity index (χ0v) is 11.5. The predicted molar refractivity (Wildman–Crippen MR) is 78.7 cm³/mol. The largest absolute Gasteiger partial charge is 0.356 e. The number of amides is 1. The van der Waals surface area contributed by atoms with Crippen LogP contribution in [-0.2, 0) is 4.79 Å². The molecule has 2 aromatic carbocycles. The summed E-state index contributed by atoms with van der Waals surface area (Å²) in [6.07, 6.45) is 1.50. The van der Waals surface area contributed by atoms with Gasteiger partial charge in [-0.3, -0.25) is 4.79 Å². The summed E-state index contributed by atoms with van der Waals surface area (Å²) in [4.78, 5) is 11.7. The molecular formula is C17H16FNO. The SMILES string of the molecule is CNC(=O)/C=C(/c1cccc(F)c1)c1ccccc1C. The number of nitrogens with one attached hydrogen (secondary N) is 1. The molecule has 0 aliphatic heterocycles. The quantitative estimate of drug-likeness (QED) is 0.851. The highest BCUT2D eigenvalue weighted by Crippen LogP contribution is 2.26. The summed E-state index contributed by atoms with van der Waals surface area (Å²) < 4.78 is 13.4. The molecule has 0 aliphatic carbocycles. The maximum atomic E-state index is 13.4. The number of aryl methyl sites for hydroxylation is 1. The van der Waals surface area contributed by atoms with E-state index in [0.29, 0.717) is 11.1 Å². The Labute approximate surface area is 118 Å². The number of benzene rings is 2. The zero-order valence-electron chi connectivity index (χ0n) is 11.5. The summed E-state index contributed by atoms with van der Waals surface area (Å²) in [6.45, 7) is 1.96. The Morgan fingerprint density at radius 3 is 2.55 bits per heavy atom. The van der Waals surface area contributed by atoms with Crippen LogP contribution in [0, 0.1) is 12.7 Å². The molecule has 0 bridgehead atoms. The van der Waals surface area contributed by atoms with Crippen molar-refractivity contribution >= 4 is 11.5 Å². The first-order valence-electron chi connectivity index (χ1n) is 6.37. The molecule has 2 aromatic rings. The molecule has 0 unspecified atom stereocenters. The normalized spacial score (nSPS) is 11.2. The molecule has 0 radical (unpaired) electrons. The molecule has 0 heterocycles. The average molecular weight is 269 g/mol. The van der Waals surface area contributed by atoms with Gasteiger partial charge in [0.1, 0.15) is 5.82 Å². The van der Waals surface area contributed by atoms with Gasteiger partial charge in [0.25, 0.3) is 0 Å². The molecule has 0 saturated heterocycles. The monoisotopic (exact) mass is 269 g/mol. The fourth-order valence-electron chi connectivity index (χ4n) is 2.05. The first-order chi connectivity index (χ1) is 9.61. The molecule has 102 valence electrons. The molecule has 2 nitrogen and oxygen atoms in total. The van der Waals surface area contributed by atoms with Crippen LogP contribution in [0.15, 0.2) is 54.6 Å². The Morgan fingerprint density at radius 1 is 1.15 bits per heavy atom. The highest BCUT2D eigenvalue weighted by atomic mass is 19.1. The lowest BCUT2D eigenvalue weighted by Crippen LogP contribution is -2.15. The van der Waals surface area contributed by atoms with E-state index in [1.807, 2.05) is 31.2 Å². The van der Waals surface area contributed by atoms with Gasteiger partial charge in [-0.1, -0.05) is 36.4 Å². The minimum atomic E-state index is -0.320. The number of carbonyl (C=O) groups excluding carboxylic acids is 1. The van der Waals surface area contributed by atoms with E-state index in [1.165, 1.54) is 18.2 Å². The third-order valence-corrected chi connectivity index (χ3v) is 3.09. The van der Waals surface area contributed by atoms with E-state index in [9.17, 15) is 9.18 Å². The van der Waals surface area contributed by atoms with Crippen LogP contribution in [0.1, 0.15) is 16.7 Å². The Bertz CT molecular complexity index is 662. The van der Waals surface area contributed by atoms with E-state index in [0.717, 1.165) is 11.1 Å². The number of hydrogen-bond donors (Lipinski definition) is 1. The maximum absolute atomic E-state index is 13.4. The summed E-state index contributed by atoms with van der Waals surface area (Å²) in [5, 5.41) is 2.56. The second-order valence-electron chi connectivity index (χ2n) is 4.50. The average Bonchev–Trinajstić information content (AvgIpc) is 2.45. The van der Waals surface area contributed by atoms with Crippen molar-refractivity contribution in [1.29, 1.82) is 0 Å². The molecule has 0 spiro atoms. The molecule has 0 aromatic heterocycles. The van der Waals surface area contributed by atoms with Gasteiger partial charge < -0.3 is 5.32 Å².